The monoisotopic (exact) mass is 187 g/mol. The molecular weight excluding hydrogens is 178 g/mol. The van der Waals surface area contributed by atoms with Crippen LogP contribution in [0.3, 0.4) is 0 Å². The zero-order valence-corrected chi connectivity index (χ0v) is 7.12. The zero-order chi connectivity index (χ0) is 10.2. The van der Waals surface area contributed by atoms with Crippen LogP contribution < -0.4 is 17.1 Å². The highest BCUT2D eigenvalue weighted by molar-refractivity contribution is 4.75. The Morgan fingerprint density at radius 2 is 1.54 bits per heavy atom. The number of nitrogens with zero attached hydrogens (tertiary/aromatic N) is 1. The second kappa shape index (κ2) is 2.70. The van der Waals surface area contributed by atoms with Crippen molar-refractivity contribution in [3.05, 3.63) is 31.5 Å². The van der Waals surface area contributed by atoms with Gasteiger partial charge in [0.15, 0.2) is 0 Å². The van der Waals surface area contributed by atoms with E-state index in [0.717, 1.165) is 0 Å². The van der Waals surface area contributed by atoms with E-state index in [4.69, 9.17) is 0 Å². The van der Waals surface area contributed by atoms with Crippen LogP contribution in [0.2, 0.25) is 0 Å². The van der Waals surface area contributed by atoms with Gasteiger partial charge in [-0.3, -0.25) is 9.97 Å². The van der Waals surface area contributed by atoms with Crippen molar-refractivity contribution in [3.8, 4) is 0 Å². The van der Waals surface area contributed by atoms with Gasteiger partial charge in [0.05, 0.1) is 0 Å². The molecule has 0 saturated carbocycles. The fourth-order valence-electron chi connectivity index (χ4n) is 0.927. The Labute approximate surface area is 71.7 Å². The maximum atomic E-state index is 11.0. The van der Waals surface area contributed by atoms with Gasteiger partial charge in [0.1, 0.15) is 5.72 Å². The fraction of sp³-hybridized carbons (Fsp3) is 0.500. The van der Waals surface area contributed by atoms with Crippen molar-refractivity contribution < 1.29 is 5.11 Å². The Kier molecular flexibility index (Phi) is 1.96. The number of H-pyrrole nitrogens is 2. The number of rotatable bonds is 1. The smallest absolute Gasteiger partial charge is 0.336 e. The van der Waals surface area contributed by atoms with Gasteiger partial charge >= 0.3 is 17.1 Å². The van der Waals surface area contributed by atoms with Crippen molar-refractivity contribution in [1.82, 2.24) is 14.5 Å². The first kappa shape index (κ1) is 9.46. The van der Waals surface area contributed by atoms with Crippen LogP contribution in [0.1, 0.15) is 13.8 Å². The molecule has 0 amide bonds. The summed E-state index contributed by atoms with van der Waals surface area (Å²) in [5.41, 5.74) is -4.42. The molecule has 0 radical (unpaired) electrons. The summed E-state index contributed by atoms with van der Waals surface area (Å²) < 4.78 is 0.508. The van der Waals surface area contributed by atoms with E-state index in [1.807, 2.05) is 9.97 Å². The van der Waals surface area contributed by atoms with E-state index in [0.29, 0.717) is 4.57 Å². The molecule has 1 aromatic rings. The highest BCUT2D eigenvalue weighted by atomic mass is 16.3. The topological polar surface area (TPSA) is 108 Å². The van der Waals surface area contributed by atoms with E-state index < -0.39 is 22.8 Å². The van der Waals surface area contributed by atoms with Crippen molar-refractivity contribution in [2.75, 3.05) is 0 Å². The first-order valence-corrected chi connectivity index (χ1v) is 3.51. The molecule has 7 nitrogen and oxygen atoms in total. The lowest BCUT2D eigenvalue weighted by Crippen LogP contribution is -2.50. The molecule has 0 fully saturated rings. The molecule has 13 heavy (non-hydrogen) atoms. The molecule has 3 N–H and O–H groups in total. The minimum absolute atomic E-state index is 0.508. The van der Waals surface area contributed by atoms with Crippen LogP contribution in [-0.2, 0) is 5.72 Å². The van der Waals surface area contributed by atoms with Gasteiger partial charge in [0.25, 0.3) is 0 Å². The molecule has 0 aliphatic carbocycles. The molecule has 0 saturated heterocycles. The van der Waals surface area contributed by atoms with E-state index in [9.17, 15) is 19.5 Å². The predicted octanol–water partition coefficient (Wildman–Crippen LogP) is -2.09. The third kappa shape index (κ3) is 1.75. The summed E-state index contributed by atoms with van der Waals surface area (Å²) in [5.74, 6) is 0. The first-order chi connectivity index (χ1) is 5.82. The number of aromatic nitrogens is 3. The summed E-state index contributed by atoms with van der Waals surface area (Å²) in [4.78, 5) is 36.3. The summed E-state index contributed by atoms with van der Waals surface area (Å²) in [7, 11) is 0. The normalized spacial score (nSPS) is 11.6. The molecule has 0 unspecified atom stereocenters. The molecule has 72 valence electrons. The number of aromatic amines is 2. The third-order valence-electron chi connectivity index (χ3n) is 1.39. The van der Waals surface area contributed by atoms with Gasteiger partial charge in [0.2, 0.25) is 0 Å². The Balaban J connectivity index is 3.67. The molecule has 0 atom stereocenters. The molecule has 1 heterocycles. The molecule has 0 bridgehead atoms. The molecule has 0 aliphatic heterocycles. The SMILES string of the molecule is CC(C)(O)n1c(=O)[nH]c(=O)[nH]c1=O. The summed E-state index contributed by atoms with van der Waals surface area (Å²) in [6.07, 6.45) is 0. The lowest BCUT2D eigenvalue weighted by Gasteiger charge is -2.17. The van der Waals surface area contributed by atoms with Gasteiger partial charge in [-0.05, 0) is 13.8 Å². The number of hydrogen-bond donors (Lipinski definition) is 3. The first-order valence-electron chi connectivity index (χ1n) is 3.51. The van der Waals surface area contributed by atoms with Crippen LogP contribution in [0.15, 0.2) is 14.4 Å². The van der Waals surface area contributed by atoms with Gasteiger partial charge < -0.3 is 5.11 Å². The average Bonchev–Trinajstić information content (AvgIpc) is 1.78. The van der Waals surface area contributed by atoms with E-state index in [2.05, 4.69) is 0 Å². The summed E-state index contributed by atoms with van der Waals surface area (Å²) in [6, 6.07) is 0. The maximum absolute atomic E-state index is 11.0. The summed E-state index contributed by atoms with van der Waals surface area (Å²) in [5, 5.41) is 9.36. The minimum atomic E-state index is -1.64. The summed E-state index contributed by atoms with van der Waals surface area (Å²) >= 11 is 0. The van der Waals surface area contributed by atoms with E-state index >= 15 is 0 Å². The zero-order valence-electron chi connectivity index (χ0n) is 7.12. The van der Waals surface area contributed by atoms with Crippen molar-refractivity contribution in [2.45, 2.75) is 19.6 Å². The second-order valence-corrected chi connectivity index (χ2v) is 3.02. The Morgan fingerprint density at radius 3 is 1.85 bits per heavy atom. The number of nitrogens with one attached hydrogen (secondary N) is 2. The highest BCUT2D eigenvalue weighted by Crippen LogP contribution is 2.01. The van der Waals surface area contributed by atoms with Gasteiger partial charge in [-0.1, -0.05) is 0 Å². The average molecular weight is 187 g/mol. The Morgan fingerprint density at radius 1 is 1.15 bits per heavy atom. The lowest BCUT2D eigenvalue weighted by molar-refractivity contribution is -0.00767. The molecule has 0 spiro atoms. The molecule has 1 rings (SSSR count). The highest BCUT2D eigenvalue weighted by Gasteiger charge is 2.20. The van der Waals surface area contributed by atoms with Crippen LogP contribution in [0.4, 0.5) is 0 Å². The van der Waals surface area contributed by atoms with Crippen molar-refractivity contribution in [2.24, 2.45) is 0 Å². The van der Waals surface area contributed by atoms with E-state index in [1.165, 1.54) is 13.8 Å². The Hall–Kier alpha value is -1.63. The molecule has 0 aromatic carbocycles. The quantitative estimate of drug-likeness (QED) is 0.468. The largest absolute Gasteiger partial charge is 0.371 e. The van der Waals surface area contributed by atoms with E-state index in [1.54, 1.807) is 0 Å². The van der Waals surface area contributed by atoms with Crippen LogP contribution in [-0.4, -0.2) is 19.6 Å². The van der Waals surface area contributed by atoms with Gasteiger partial charge in [-0.25, -0.2) is 19.0 Å². The molecular formula is C6H9N3O4. The number of hydrogen-bond acceptors (Lipinski definition) is 4. The fourth-order valence-corrected chi connectivity index (χ4v) is 0.927. The molecule has 1 aromatic heterocycles. The van der Waals surface area contributed by atoms with Crippen molar-refractivity contribution in [1.29, 1.82) is 0 Å². The van der Waals surface area contributed by atoms with Crippen LogP contribution in [0.25, 0.3) is 0 Å². The van der Waals surface area contributed by atoms with Gasteiger partial charge in [-0.2, -0.15) is 0 Å². The van der Waals surface area contributed by atoms with Crippen LogP contribution in [0.5, 0.6) is 0 Å². The van der Waals surface area contributed by atoms with Gasteiger partial charge in [0, 0.05) is 0 Å². The minimum Gasteiger partial charge on any atom is -0.371 e. The Bertz CT molecular complexity index is 438. The van der Waals surface area contributed by atoms with Crippen molar-refractivity contribution >= 4 is 0 Å². The van der Waals surface area contributed by atoms with Crippen LogP contribution >= 0.6 is 0 Å². The number of aliphatic hydroxyl groups is 1. The molecule has 0 aliphatic rings. The van der Waals surface area contributed by atoms with E-state index in [-0.39, 0.29) is 0 Å². The second-order valence-electron chi connectivity index (χ2n) is 3.02. The maximum Gasteiger partial charge on any atom is 0.336 e. The van der Waals surface area contributed by atoms with Gasteiger partial charge in [-0.15, -0.1) is 0 Å². The van der Waals surface area contributed by atoms with Crippen molar-refractivity contribution in [3.63, 3.8) is 0 Å². The summed E-state index contributed by atoms with van der Waals surface area (Å²) in [6.45, 7) is 2.50. The third-order valence-corrected chi connectivity index (χ3v) is 1.39. The standard InChI is InChI=1S/C6H9N3O4/c1-6(2,13)9-4(11)7-3(10)8-5(9)12/h13H,1-2H3,(H2,7,8,10,11,12). The lowest BCUT2D eigenvalue weighted by atomic mass is 10.3. The van der Waals surface area contributed by atoms with Crippen LogP contribution in [0, 0.1) is 0 Å². The predicted molar refractivity (Wildman–Crippen MR) is 43.5 cm³/mol. The molecule has 7 heteroatoms.